The van der Waals surface area contributed by atoms with E-state index >= 15 is 0 Å². The molecule has 0 spiro atoms. The Bertz CT molecular complexity index is 737. The number of nitrogens with two attached hydrogens (primary N) is 1. The quantitative estimate of drug-likeness (QED) is 0.944. The number of hydrogen-bond acceptors (Lipinski definition) is 3. The Balaban J connectivity index is 2.43. The minimum atomic E-state index is -3.58. The lowest BCUT2D eigenvalue weighted by Gasteiger charge is -2.20. The molecule has 21 heavy (non-hydrogen) atoms. The molecule has 0 heterocycles. The van der Waals surface area contributed by atoms with Crippen LogP contribution in [-0.2, 0) is 16.6 Å². The Labute approximate surface area is 126 Å². The van der Waals surface area contributed by atoms with Crippen molar-refractivity contribution in [3.8, 4) is 0 Å². The summed E-state index contributed by atoms with van der Waals surface area (Å²) in [5, 5.41) is 0. The molecule has 0 amide bonds. The van der Waals surface area contributed by atoms with Gasteiger partial charge >= 0.3 is 0 Å². The van der Waals surface area contributed by atoms with Gasteiger partial charge in [-0.25, -0.2) is 8.42 Å². The predicted molar refractivity (Wildman–Crippen MR) is 85.8 cm³/mol. The molecule has 0 saturated carbocycles. The first-order valence-electron chi connectivity index (χ1n) is 6.71. The molecule has 0 aliphatic carbocycles. The molecule has 0 aliphatic rings. The van der Waals surface area contributed by atoms with Crippen LogP contribution in [0.25, 0.3) is 0 Å². The molecule has 2 N–H and O–H groups in total. The fourth-order valence-electron chi connectivity index (χ4n) is 2.08. The molecule has 2 aromatic carbocycles. The highest BCUT2D eigenvalue weighted by Crippen LogP contribution is 2.23. The maximum absolute atomic E-state index is 12.7. The first kappa shape index (κ1) is 15.5. The second kappa shape index (κ2) is 5.87. The van der Waals surface area contributed by atoms with Crippen molar-refractivity contribution >= 4 is 15.7 Å². The van der Waals surface area contributed by atoms with Gasteiger partial charge in [-0.05, 0) is 49.2 Å². The van der Waals surface area contributed by atoms with Crippen molar-refractivity contribution in [2.45, 2.75) is 25.3 Å². The summed E-state index contributed by atoms with van der Waals surface area (Å²) >= 11 is 0. The molecule has 4 nitrogen and oxygen atoms in total. The summed E-state index contributed by atoms with van der Waals surface area (Å²) in [6.07, 6.45) is 0. The first-order valence-corrected chi connectivity index (χ1v) is 8.15. The molecule has 0 saturated heterocycles. The molecule has 2 aromatic rings. The van der Waals surface area contributed by atoms with Crippen molar-refractivity contribution in [2.24, 2.45) is 5.73 Å². The average Bonchev–Trinajstić information content (AvgIpc) is 2.47. The van der Waals surface area contributed by atoms with Crippen LogP contribution in [0.4, 0.5) is 5.69 Å². The van der Waals surface area contributed by atoms with E-state index in [1.807, 2.05) is 26.0 Å². The van der Waals surface area contributed by atoms with E-state index in [4.69, 9.17) is 5.73 Å². The summed E-state index contributed by atoms with van der Waals surface area (Å²) in [6, 6.07) is 12.4. The SMILES string of the molecule is Cc1ccc(N(C)S(=O)(=O)c2ccc(C)c(CN)c2)cc1. The van der Waals surface area contributed by atoms with Crippen molar-refractivity contribution < 1.29 is 8.42 Å². The summed E-state index contributed by atoms with van der Waals surface area (Å²) in [4.78, 5) is 0.261. The maximum atomic E-state index is 12.7. The van der Waals surface area contributed by atoms with Gasteiger partial charge in [0.1, 0.15) is 0 Å². The van der Waals surface area contributed by atoms with Crippen molar-refractivity contribution in [2.75, 3.05) is 11.4 Å². The van der Waals surface area contributed by atoms with E-state index in [-0.39, 0.29) is 4.90 Å². The Morgan fingerprint density at radius 3 is 2.24 bits per heavy atom. The summed E-state index contributed by atoms with van der Waals surface area (Å²) in [5.41, 5.74) is 9.22. The second-order valence-electron chi connectivity index (χ2n) is 5.10. The van der Waals surface area contributed by atoms with E-state index in [1.54, 1.807) is 37.4 Å². The number of aryl methyl sites for hydroxylation is 2. The Hall–Kier alpha value is -1.85. The number of benzene rings is 2. The Morgan fingerprint density at radius 1 is 1.05 bits per heavy atom. The van der Waals surface area contributed by atoms with Crippen molar-refractivity contribution in [1.29, 1.82) is 0 Å². The molecule has 2 rings (SSSR count). The van der Waals surface area contributed by atoms with Gasteiger partial charge in [0.25, 0.3) is 10.0 Å². The molecule has 0 fully saturated rings. The van der Waals surface area contributed by atoms with E-state index in [0.29, 0.717) is 12.2 Å². The van der Waals surface area contributed by atoms with Gasteiger partial charge in [0.2, 0.25) is 0 Å². The zero-order chi connectivity index (χ0) is 15.6. The largest absolute Gasteiger partial charge is 0.326 e. The van der Waals surface area contributed by atoms with Crippen LogP contribution >= 0.6 is 0 Å². The monoisotopic (exact) mass is 304 g/mol. The highest BCUT2D eigenvalue weighted by Gasteiger charge is 2.21. The normalized spacial score (nSPS) is 11.4. The maximum Gasteiger partial charge on any atom is 0.264 e. The molecule has 0 aliphatic heterocycles. The highest BCUT2D eigenvalue weighted by atomic mass is 32.2. The smallest absolute Gasteiger partial charge is 0.264 e. The van der Waals surface area contributed by atoms with E-state index in [1.165, 1.54) is 4.31 Å². The van der Waals surface area contributed by atoms with Crippen LogP contribution in [0.1, 0.15) is 16.7 Å². The summed E-state index contributed by atoms with van der Waals surface area (Å²) < 4.78 is 26.7. The van der Waals surface area contributed by atoms with Crippen LogP contribution in [0.2, 0.25) is 0 Å². The van der Waals surface area contributed by atoms with Gasteiger partial charge in [-0.15, -0.1) is 0 Å². The van der Waals surface area contributed by atoms with Gasteiger partial charge in [-0.2, -0.15) is 0 Å². The minimum Gasteiger partial charge on any atom is -0.326 e. The van der Waals surface area contributed by atoms with Gasteiger partial charge in [-0.3, -0.25) is 4.31 Å². The van der Waals surface area contributed by atoms with Crippen LogP contribution in [0.3, 0.4) is 0 Å². The second-order valence-corrected chi connectivity index (χ2v) is 7.07. The zero-order valence-electron chi connectivity index (χ0n) is 12.5. The number of anilines is 1. The zero-order valence-corrected chi connectivity index (χ0v) is 13.3. The molecular formula is C16H20N2O2S. The van der Waals surface area contributed by atoms with Crippen molar-refractivity contribution in [1.82, 2.24) is 0 Å². The van der Waals surface area contributed by atoms with Crippen LogP contribution < -0.4 is 10.0 Å². The molecule has 0 unspecified atom stereocenters. The molecule has 5 heteroatoms. The topological polar surface area (TPSA) is 63.4 Å². The van der Waals surface area contributed by atoms with E-state index in [2.05, 4.69) is 0 Å². The van der Waals surface area contributed by atoms with Crippen LogP contribution in [0, 0.1) is 13.8 Å². The lowest BCUT2D eigenvalue weighted by atomic mass is 10.1. The van der Waals surface area contributed by atoms with Crippen molar-refractivity contribution in [3.63, 3.8) is 0 Å². The lowest BCUT2D eigenvalue weighted by Crippen LogP contribution is -2.26. The number of nitrogens with zero attached hydrogens (tertiary/aromatic N) is 1. The summed E-state index contributed by atoms with van der Waals surface area (Å²) in [7, 11) is -2.02. The third-order valence-corrected chi connectivity index (χ3v) is 5.38. The first-order chi connectivity index (χ1) is 9.86. The minimum absolute atomic E-state index is 0.261. The lowest BCUT2D eigenvalue weighted by molar-refractivity contribution is 0.594. The van der Waals surface area contributed by atoms with Crippen LogP contribution in [0.15, 0.2) is 47.4 Å². The standard InChI is InChI=1S/C16H20N2O2S/c1-12-4-7-15(8-5-12)18(3)21(19,20)16-9-6-13(2)14(10-16)11-17/h4-10H,11,17H2,1-3H3. The number of rotatable bonds is 4. The molecule has 0 radical (unpaired) electrons. The van der Waals surface area contributed by atoms with Gasteiger partial charge in [-0.1, -0.05) is 23.8 Å². The third-order valence-electron chi connectivity index (χ3n) is 3.60. The van der Waals surface area contributed by atoms with Gasteiger partial charge in [0.15, 0.2) is 0 Å². The molecule has 0 bridgehead atoms. The third kappa shape index (κ3) is 3.09. The summed E-state index contributed by atoms with van der Waals surface area (Å²) in [5.74, 6) is 0. The van der Waals surface area contributed by atoms with E-state index in [0.717, 1.165) is 16.7 Å². The Kier molecular flexibility index (Phi) is 4.34. The highest BCUT2D eigenvalue weighted by molar-refractivity contribution is 7.92. The predicted octanol–water partition coefficient (Wildman–Crippen LogP) is 2.59. The van der Waals surface area contributed by atoms with Crippen LogP contribution in [0.5, 0.6) is 0 Å². The molecular weight excluding hydrogens is 284 g/mol. The van der Waals surface area contributed by atoms with Crippen molar-refractivity contribution in [3.05, 3.63) is 59.2 Å². The fraction of sp³-hybridized carbons (Fsp3) is 0.250. The van der Waals surface area contributed by atoms with Gasteiger partial charge < -0.3 is 5.73 Å². The molecule has 0 atom stereocenters. The number of sulfonamides is 1. The molecule has 112 valence electrons. The van der Waals surface area contributed by atoms with Gasteiger partial charge in [0, 0.05) is 13.6 Å². The summed E-state index contributed by atoms with van der Waals surface area (Å²) in [6.45, 7) is 4.21. The van der Waals surface area contributed by atoms with E-state index < -0.39 is 10.0 Å². The Morgan fingerprint density at radius 2 is 1.67 bits per heavy atom. The number of hydrogen-bond donors (Lipinski definition) is 1. The van der Waals surface area contributed by atoms with Gasteiger partial charge in [0.05, 0.1) is 10.6 Å². The van der Waals surface area contributed by atoms with E-state index in [9.17, 15) is 8.42 Å². The fourth-order valence-corrected chi connectivity index (χ4v) is 3.33. The average molecular weight is 304 g/mol. The molecule has 0 aromatic heterocycles. The van der Waals surface area contributed by atoms with Crippen LogP contribution in [-0.4, -0.2) is 15.5 Å².